The molecule has 1 fully saturated rings. The van der Waals surface area contributed by atoms with Gasteiger partial charge in [-0.1, -0.05) is 42.5 Å². The van der Waals surface area contributed by atoms with Crippen LogP contribution in [0.2, 0.25) is 0 Å². The minimum absolute atomic E-state index is 0.000793. The molecule has 0 aliphatic carbocycles. The summed E-state index contributed by atoms with van der Waals surface area (Å²) in [5.74, 6) is -0.819. The number of amides is 2. The van der Waals surface area contributed by atoms with E-state index in [0.717, 1.165) is 48.8 Å². The Hall–Kier alpha value is -3.16. The number of carbonyl (C=O) groups is 2. The van der Waals surface area contributed by atoms with Gasteiger partial charge in [0, 0.05) is 31.8 Å². The van der Waals surface area contributed by atoms with Gasteiger partial charge in [-0.15, -0.1) is 0 Å². The van der Waals surface area contributed by atoms with Crippen molar-refractivity contribution in [3.05, 3.63) is 71.9 Å². The maximum Gasteiger partial charge on any atom is 0.277 e. The number of β-amino-alcohol motifs (C(OH)–C–C–N with tert-alkyl or cyclic N) is 1. The first-order valence-corrected chi connectivity index (χ1v) is 10.7. The van der Waals surface area contributed by atoms with Gasteiger partial charge in [0.1, 0.15) is 5.70 Å². The van der Waals surface area contributed by atoms with Crippen LogP contribution in [0.15, 0.2) is 66.4 Å². The van der Waals surface area contributed by atoms with Gasteiger partial charge in [0.15, 0.2) is 0 Å². The van der Waals surface area contributed by atoms with Crippen molar-refractivity contribution in [1.29, 1.82) is 0 Å². The Balaban J connectivity index is 1.35. The van der Waals surface area contributed by atoms with Gasteiger partial charge < -0.3 is 15.7 Å². The quantitative estimate of drug-likeness (QED) is 0.569. The minimum atomic E-state index is -0.414. The summed E-state index contributed by atoms with van der Waals surface area (Å²) in [6, 6.07) is 18.6. The smallest absolute Gasteiger partial charge is 0.277 e. The maximum atomic E-state index is 12.4. The molecule has 31 heavy (non-hydrogen) atoms. The van der Waals surface area contributed by atoms with Crippen molar-refractivity contribution in [2.24, 2.45) is 0 Å². The molecule has 0 atom stereocenters. The summed E-state index contributed by atoms with van der Waals surface area (Å²) < 4.78 is 0. The largest absolute Gasteiger partial charge is 0.395 e. The van der Waals surface area contributed by atoms with Crippen LogP contribution in [0.1, 0.15) is 18.4 Å². The normalized spacial score (nSPS) is 17.7. The molecular weight excluding hydrogens is 392 g/mol. The van der Waals surface area contributed by atoms with E-state index >= 15 is 0 Å². The molecule has 4 rings (SSSR count). The highest BCUT2D eigenvalue weighted by Crippen LogP contribution is 2.27. The predicted octanol–water partition coefficient (Wildman–Crippen LogP) is 2.42. The van der Waals surface area contributed by atoms with E-state index in [4.69, 9.17) is 5.11 Å². The molecule has 0 bridgehead atoms. The molecular formula is C24H28N4O3. The molecule has 7 heteroatoms. The summed E-state index contributed by atoms with van der Waals surface area (Å²) in [5.41, 5.74) is 3.23. The van der Waals surface area contributed by atoms with E-state index in [9.17, 15) is 9.59 Å². The number of carbonyl (C=O) groups excluding carboxylic acids is 2. The van der Waals surface area contributed by atoms with Gasteiger partial charge in [-0.2, -0.15) is 0 Å². The fourth-order valence-electron chi connectivity index (χ4n) is 4.07. The average molecular weight is 421 g/mol. The monoisotopic (exact) mass is 420 g/mol. The fourth-order valence-corrected chi connectivity index (χ4v) is 4.07. The van der Waals surface area contributed by atoms with Crippen molar-refractivity contribution in [3.63, 3.8) is 0 Å². The molecule has 0 radical (unpaired) electrons. The highest BCUT2D eigenvalue weighted by atomic mass is 16.3. The number of rotatable bonds is 8. The Morgan fingerprint density at radius 1 is 0.935 bits per heavy atom. The Kier molecular flexibility index (Phi) is 6.64. The average Bonchev–Trinajstić information content (AvgIpc) is 3.05. The van der Waals surface area contributed by atoms with Crippen LogP contribution in [-0.4, -0.2) is 59.0 Å². The SMILES string of the molecule is O=C1C=C(Nc2ccccc2NC2CCN(Cc3ccccc3)CC2)C(=O)N1CCO. The van der Waals surface area contributed by atoms with Gasteiger partial charge in [-0.25, -0.2) is 0 Å². The molecule has 2 aliphatic heterocycles. The molecule has 0 spiro atoms. The number of hydrogen-bond acceptors (Lipinski definition) is 6. The van der Waals surface area contributed by atoms with E-state index in [1.165, 1.54) is 11.6 Å². The Bertz CT molecular complexity index is 952. The molecule has 3 N–H and O–H groups in total. The standard InChI is InChI=1S/C24H28N4O3/c29-15-14-28-23(30)16-22(24(28)31)26-21-9-5-4-8-20(21)25-19-10-12-27(13-11-19)17-18-6-2-1-3-7-18/h1-9,16,19,25-26,29H,10-15,17H2. The van der Waals surface area contributed by atoms with E-state index in [1.807, 2.05) is 30.3 Å². The number of nitrogens with one attached hydrogen (secondary N) is 2. The molecule has 1 saturated heterocycles. The molecule has 7 nitrogen and oxygen atoms in total. The van der Waals surface area contributed by atoms with E-state index < -0.39 is 11.8 Å². The second-order valence-electron chi connectivity index (χ2n) is 7.93. The molecule has 2 aromatic carbocycles. The van der Waals surface area contributed by atoms with Crippen LogP contribution < -0.4 is 10.6 Å². The van der Waals surface area contributed by atoms with Crippen LogP contribution in [0.4, 0.5) is 11.4 Å². The van der Waals surface area contributed by atoms with Gasteiger partial charge in [0.25, 0.3) is 11.8 Å². The van der Waals surface area contributed by atoms with Gasteiger partial charge in [-0.3, -0.25) is 19.4 Å². The minimum Gasteiger partial charge on any atom is -0.395 e. The number of piperidine rings is 1. The third-order valence-electron chi connectivity index (χ3n) is 5.73. The maximum absolute atomic E-state index is 12.4. The second kappa shape index (κ2) is 9.76. The number of anilines is 2. The number of benzene rings is 2. The Morgan fingerprint density at radius 3 is 2.32 bits per heavy atom. The van der Waals surface area contributed by atoms with Crippen LogP contribution >= 0.6 is 0 Å². The summed E-state index contributed by atoms with van der Waals surface area (Å²) in [6.07, 6.45) is 3.36. The summed E-state index contributed by atoms with van der Waals surface area (Å²) in [7, 11) is 0. The molecule has 2 aliphatic rings. The van der Waals surface area contributed by atoms with Gasteiger partial charge in [-0.05, 0) is 30.5 Å². The van der Waals surface area contributed by atoms with Crippen molar-refractivity contribution in [2.75, 3.05) is 36.9 Å². The summed E-state index contributed by atoms with van der Waals surface area (Å²) in [5, 5.41) is 15.8. The van der Waals surface area contributed by atoms with Crippen molar-refractivity contribution in [1.82, 2.24) is 9.80 Å². The van der Waals surface area contributed by atoms with E-state index in [0.29, 0.717) is 6.04 Å². The number of nitrogens with zero attached hydrogens (tertiary/aromatic N) is 2. The van der Waals surface area contributed by atoms with E-state index in [2.05, 4.69) is 39.8 Å². The zero-order valence-corrected chi connectivity index (χ0v) is 17.5. The fraction of sp³-hybridized carbons (Fsp3) is 0.333. The summed E-state index contributed by atoms with van der Waals surface area (Å²) in [4.78, 5) is 27.9. The highest BCUT2D eigenvalue weighted by molar-refractivity contribution is 6.17. The van der Waals surface area contributed by atoms with Gasteiger partial charge >= 0.3 is 0 Å². The van der Waals surface area contributed by atoms with Crippen LogP contribution in [0.5, 0.6) is 0 Å². The van der Waals surface area contributed by atoms with Gasteiger partial charge in [0.05, 0.1) is 24.5 Å². The number of aliphatic hydroxyl groups is 1. The molecule has 2 aromatic rings. The topological polar surface area (TPSA) is 84.9 Å². The van der Waals surface area contributed by atoms with Crippen LogP contribution in [0.25, 0.3) is 0 Å². The second-order valence-corrected chi connectivity index (χ2v) is 7.93. The third kappa shape index (κ3) is 5.13. The van der Waals surface area contributed by atoms with Crippen molar-refractivity contribution in [2.45, 2.75) is 25.4 Å². The van der Waals surface area contributed by atoms with Gasteiger partial charge in [0.2, 0.25) is 0 Å². The van der Waals surface area contributed by atoms with Crippen LogP contribution in [0, 0.1) is 0 Å². The first-order valence-electron chi connectivity index (χ1n) is 10.7. The first kappa shape index (κ1) is 21.1. The zero-order valence-electron chi connectivity index (χ0n) is 17.5. The van der Waals surface area contributed by atoms with Crippen LogP contribution in [-0.2, 0) is 16.1 Å². The predicted molar refractivity (Wildman–Crippen MR) is 120 cm³/mol. The molecule has 0 aromatic heterocycles. The number of para-hydroxylation sites is 2. The lowest BCUT2D eigenvalue weighted by atomic mass is 10.0. The molecule has 0 unspecified atom stereocenters. The third-order valence-corrected chi connectivity index (χ3v) is 5.73. The van der Waals surface area contributed by atoms with E-state index in [1.54, 1.807) is 0 Å². The lowest BCUT2D eigenvalue weighted by molar-refractivity contribution is -0.137. The summed E-state index contributed by atoms with van der Waals surface area (Å²) >= 11 is 0. The Labute approximate surface area is 182 Å². The Morgan fingerprint density at radius 2 is 1.61 bits per heavy atom. The van der Waals surface area contributed by atoms with E-state index in [-0.39, 0.29) is 18.8 Å². The number of imide groups is 1. The van der Waals surface area contributed by atoms with Crippen LogP contribution in [0.3, 0.4) is 0 Å². The molecule has 2 heterocycles. The highest BCUT2D eigenvalue weighted by Gasteiger charge is 2.31. The molecule has 2 amide bonds. The summed E-state index contributed by atoms with van der Waals surface area (Å²) in [6.45, 7) is 2.77. The number of likely N-dealkylation sites (tertiary alicyclic amines) is 1. The molecule has 162 valence electrons. The zero-order chi connectivity index (χ0) is 21.6. The number of aliphatic hydroxyl groups excluding tert-OH is 1. The molecule has 0 saturated carbocycles. The first-order chi connectivity index (χ1) is 15.1. The number of hydrogen-bond donors (Lipinski definition) is 3. The van der Waals surface area contributed by atoms with Crippen molar-refractivity contribution in [3.8, 4) is 0 Å². The lowest BCUT2D eigenvalue weighted by Gasteiger charge is -2.33. The lowest BCUT2D eigenvalue weighted by Crippen LogP contribution is -2.38. The van der Waals surface area contributed by atoms with Crippen molar-refractivity contribution < 1.29 is 14.7 Å². The van der Waals surface area contributed by atoms with Crippen molar-refractivity contribution >= 4 is 23.2 Å².